The van der Waals surface area contributed by atoms with E-state index in [2.05, 4.69) is 17.1 Å². The van der Waals surface area contributed by atoms with Gasteiger partial charge in [-0.3, -0.25) is 0 Å². The molecular weight excluding hydrogens is 214 g/mol. The predicted octanol–water partition coefficient (Wildman–Crippen LogP) is 3.73. The van der Waals surface area contributed by atoms with E-state index in [0.29, 0.717) is 0 Å². The van der Waals surface area contributed by atoms with E-state index in [0.717, 1.165) is 18.7 Å². The number of aryl methyl sites for hydroxylation is 1. The Hall–Kier alpha value is -1.06. The van der Waals surface area contributed by atoms with Gasteiger partial charge in [0.1, 0.15) is 0 Å². The molecule has 0 aromatic carbocycles. The van der Waals surface area contributed by atoms with Crippen LogP contribution >= 0.6 is 0 Å². The van der Waals surface area contributed by atoms with E-state index in [1.165, 1.54) is 51.4 Å². The van der Waals surface area contributed by atoms with Crippen molar-refractivity contribution in [3.63, 3.8) is 0 Å². The summed E-state index contributed by atoms with van der Waals surface area (Å²) in [5.41, 5.74) is 5.35. The maximum atomic E-state index is 5.35. The molecule has 0 bridgehead atoms. The zero-order chi connectivity index (χ0) is 12.3. The second-order valence-corrected chi connectivity index (χ2v) is 4.63. The Balaban J connectivity index is 1.84. The van der Waals surface area contributed by atoms with E-state index in [1.807, 2.05) is 0 Å². The largest absolute Gasteiger partial charge is 0.351 e. The molecule has 17 heavy (non-hydrogen) atoms. The molecule has 0 unspecified atom stereocenters. The summed E-state index contributed by atoms with van der Waals surface area (Å²) in [4.78, 5) is 3.98. The summed E-state index contributed by atoms with van der Waals surface area (Å²) in [6.45, 7) is 2.25. The number of rotatable bonds is 10. The van der Waals surface area contributed by atoms with E-state index in [9.17, 15) is 0 Å². The highest BCUT2D eigenvalue weighted by atomic mass is 16.5. The first-order chi connectivity index (χ1) is 8.33. The van der Waals surface area contributed by atoms with Crippen LogP contribution in [-0.2, 0) is 6.42 Å². The van der Waals surface area contributed by atoms with Crippen LogP contribution in [0.15, 0.2) is 4.52 Å². The molecule has 98 valence electrons. The van der Waals surface area contributed by atoms with Crippen molar-refractivity contribution in [3.8, 4) is 0 Å². The van der Waals surface area contributed by atoms with Crippen molar-refractivity contribution < 1.29 is 4.52 Å². The van der Waals surface area contributed by atoms with Gasteiger partial charge in [-0.05, 0) is 6.42 Å². The van der Waals surface area contributed by atoms with Crippen molar-refractivity contribution in [2.75, 3.05) is 5.73 Å². The van der Waals surface area contributed by atoms with Crippen molar-refractivity contribution in [1.29, 1.82) is 0 Å². The number of nitrogens with zero attached hydrogens (tertiary/aromatic N) is 2. The highest BCUT2D eigenvalue weighted by Gasteiger charge is 2.01. The molecule has 0 atom stereocenters. The number of unbranched alkanes of at least 4 members (excludes halogenated alkanes) is 8. The molecule has 0 saturated carbocycles. The monoisotopic (exact) mass is 239 g/mol. The molecule has 0 aliphatic rings. The summed E-state index contributed by atoms with van der Waals surface area (Å²) < 4.78 is 4.71. The molecule has 0 radical (unpaired) electrons. The smallest absolute Gasteiger partial charge is 0.318 e. The first kappa shape index (κ1) is 14.0. The minimum absolute atomic E-state index is 0.177. The van der Waals surface area contributed by atoms with Crippen LogP contribution in [0.5, 0.6) is 0 Å². The Morgan fingerprint density at radius 1 is 0.941 bits per heavy atom. The Morgan fingerprint density at radius 2 is 1.53 bits per heavy atom. The van der Waals surface area contributed by atoms with Crippen LogP contribution in [0.2, 0.25) is 0 Å². The van der Waals surface area contributed by atoms with Crippen molar-refractivity contribution in [3.05, 3.63) is 5.82 Å². The summed E-state index contributed by atoms with van der Waals surface area (Å²) in [7, 11) is 0. The van der Waals surface area contributed by atoms with E-state index < -0.39 is 0 Å². The van der Waals surface area contributed by atoms with Gasteiger partial charge in [-0.15, -0.1) is 0 Å². The number of anilines is 1. The van der Waals surface area contributed by atoms with Crippen LogP contribution in [0, 0.1) is 0 Å². The van der Waals surface area contributed by atoms with Crippen molar-refractivity contribution in [2.45, 2.75) is 71.1 Å². The molecule has 0 aliphatic carbocycles. The quantitative estimate of drug-likeness (QED) is 0.632. The van der Waals surface area contributed by atoms with Gasteiger partial charge in [-0.2, -0.15) is 4.98 Å². The summed E-state index contributed by atoms with van der Waals surface area (Å²) >= 11 is 0. The normalized spacial score (nSPS) is 10.9. The third-order valence-electron chi connectivity index (χ3n) is 2.99. The first-order valence-electron chi connectivity index (χ1n) is 6.91. The second kappa shape index (κ2) is 9.02. The Bertz CT molecular complexity index is 286. The maximum absolute atomic E-state index is 5.35. The summed E-state index contributed by atoms with van der Waals surface area (Å²) in [5, 5.41) is 3.77. The summed E-state index contributed by atoms with van der Waals surface area (Å²) in [5.74, 6) is 0.741. The van der Waals surface area contributed by atoms with Crippen molar-refractivity contribution >= 4 is 6.01 Å². The molecule has 4 heteroatoms. The van der Waals surface area contributed by atoms with Crippen LogP contribution in [0.1, 0.15) is 70.5 Å². The summed E-state index contributed by atoms with van der Waals surface area (Å²) in [6.07, 6.45) is 12.8. The summed E-state index contributed by atoms with van der Waals surface area (Å²) in [6, 6.07) is 0.177. The number of aromatic nitrogens is 2. The maximum Gasteiger partial charge on any atom is 0.318 e. The van der Waals surface area contributed by atoms with E-state index in [1.54, 1.807) is 0 Å². The van der Waals surface area contributed by atoms with Crippen LogP contribution in [-0.4, -0.2) is 10.1 Å². The molecule has 2 N–H and O–H groups in total. The topological polar surface area (TPSA) is 64.9 Å². The standard InChI is InChI=1S/C13H25N3O/c1-2-3-4-5-6-7-8-9-10-11-12-15-13(14)17-16-12/h2-11H2,1H3,(H2,14,15,16). The fraction of sp³-hybridized carbons (Fsp3) is 0.846. The average molecular weight is 239 g/mol. The molecule has 1 heterocycles. The minimum Gasteiger partial charge on any atom is -0.351 e. The zero-order valence-electron chi connectivity index (χ0n) is 11.0. The highest BCUT2D eigenvalue weighted by Crippen LogP contribution is 2.11. The van der Waals surface area contributed by atoms with E-state index >= 15 is 0 Å². The van der Waals surface area contributed by atoms with Gasteiger partial charge in [0.2, 0.25) is 0 Å². The third-order valence-corrected chi connectivity index (χ3v) is 2.99. The van der Waals surface area contributed by atoms with Crippen molar-refractivity contribution in [2.24, 2.45) is 0 Å². The van der Waals surface area contributed by atoms with Gasteiger partial charge < -0.3 is 10.3 Å². The number of nitrogens with two attached hydrogens (primary N) is 1. The lowest BCUT2D eigenvalue weighted by Gasteiger charge is -2.00. The SMILES string of the molecule is CCCCCCCCCCCc1noc(N)n1. The molecule has 0 fully saturated rings. The molecule has 1 aromatic rings. The zero-order valence-corrected chi connectivity index (χ0v) is 11.0. The molecule has 0 aliphatic heterocycles. The number of hydrogen-bond donors (Lipinski definition) is 1. The number of hydrogen-bond acceptors (Lipinski definition) is 4. The lowest BCUT2D eigenvalue weighted by Crippen LogP contribution is -1.90. The van der Waals surface area contributed by atoms with Gasteiger partial charge in [0.15, 0.2) is 5.82 Å². The second-order valence-electron chi connectivity index (χ2n) is 4.63. The molecular formula is C13H25N3O. The van der Waals surface area contributed by atoms with Gasteiger partial charge in [0.25, 0.3) is 0 Å². The van der Waals surface area contributed by atoms with Gasteiger partial charge >= 0.3 is 6.01 Å². The highest BCUT2D eigenvalue weighted by molar-refractivity contribution is 5.06. The van der Waals surface area contributed by atoms with Gasteiger partial charge in [-0.25, -0.2) is 0 Å². The first-order valence-corrected chi connectivity index (χ1v) is 6.91. The van der Waals surface area contributed by atoms with Crippen LogP contribution in [0.3, 0.4) is 0 Å². The van der Waals surface area contributed by atoms with E-state index in [-0.39, 0.29) is 6.01 Å². The van der Waals surface area contributed by atoms with Gasteiger partial charge in [0, 0.05) is 6.42 Å². The Labute approximate surface area is 104 Å². The molecule has 1 aromatic heterocycles. The van der Waals surface area contributed by atoms with Crippen LogP contribution < -0.4 is 5.73 Å². The lowest BCUT2D eigenvalue weighted by molar-refractivity contribution is 0.425. The Morgan fingerprint density at radius 3 is 2.06 bits per heavy atom. The Kier molecular flexibility index (Phi) is 7.43. The predicted molar refractivity (Wildman–Crippen MR) is 69.6 cm³/mol. The van der Waals surface area contributed by atoms with Crippen LogP contribution in [0.25, 0.3) is 0 Å². The third kappa shape index (κ3) is 6.97. The van der Waals surface area contributed by atoms with E-state index in [4.69, 9.17) is 10.3 Å². The average Bonchev–Trinajstić information content (AvgIpc) is 2.73. The fourth-order valence-corrected chi connectivity index (χ4v) is 1.96. The molecule has 4 nitrogen and oxygen atoms in total. The molecule has 1 rings (SSSR count). The van der Waals surface area contributed by atoms with Crippen LogP contribution in [0.4, 0.5) is 6.01 Å². The van der Waals surface area contributed by atoms with Gasteiger partial charge in [-0.1, -0.05) is 63.4 Å². The lowest BCUT2D eigenvalue weighted by atomic mass is 10.1. The van der Waals surface area contributed by atoms with Crippen molar-refractivity contribution in [1.82, 2.24) is 10.1 Å². The molecule has 0 amide bonds. The minimum atomic E-state index is 0.177. The molecule has 0 spiro atoms. The number of nitrogen functional groups attached to an aromatic ring is 1. The fourth-order valence-electron chi connectivity index (χ4n) is 1.96. The van der Waals surface area contributed by atoms with Gasteiger partial charge in [0.05, 0.1) is 0 Å². The molecule has 0 saturated heterocycles.